The fourth-order valence-electron chi connectivity index (χ4n) is 14.7. The Labute approximate surface area is 315 Å². The second-order valence-corrected chi connectivity index (χ2v) is 21.8. The molecule has 1 heterocycles. The summed E-state index contributed by atoms with van der Waals surface area (Å²) in [6.07, 6.45) is 14.9. The lowest BCUT2D eigenvalue weighted by Gasteiger charge is -2.75. The molecule has 1 saturated heterocycles. The van der Waals surface area contributed by atoms with E-state index in [1.165, 1.54) is 74.3 Å². The topological polar surface area (TPSA) is 90.0 Å². The van der Waals surface area contributed by atoms with Crippen molar-refractivity contribution in [3.63, 3.8) is 0 Å². The first kappa shape index (κ1) is 38.3. The van der Waals surface area contributed by atoms with E-state index in [9.17, 15) is 18.3 Å². The molecule has 1 aromatic rings. The van der Waals surface area contributed by atoms with Crippen LogP contribution in [0.1, 0.15) is 122 Å². The van der Waals surface area contributed by atoms with E-state index < -0.39 is 16.0 Å². The average Bonchev–Trinajstić information content (AvgIpc) is 3.47. The molecule has 0 spiro atoms. The van der Waals surface area contributed by atoms with Crippen molar-refractivity contribution in [2.24, 2.45) is 50.7 Å². The molecule has 5 fully saturated rings. The largest absolute Gasteiger partial charge is 0.478 e. The zero-order valence-corrected chi connectivity index (χ0v) is 34.3. The van der Waals surface area contributed by atoms with E-state index in [1.807, 2.05) is 12.1 Å². The predicted octanol–water partition coefficient (Wildman–Crippen LogP) is 8.35. The number of piperazine rings is 1. The molecule has 0 radical (unpaired) electrons. The Kier molecular flexibility index (Phi) is 9.41. The summed E-state index contributed by atoms with van der Waals surface area (Å²) in [4.78, 5) is 14.0. The van der Waals surface area contributed by atoms with Gasteiger partial charge in [0.2, 0.25) is 10.0 Å². The summed E-state index contributed by atoms with van der Waals surface area (Å²) < 4.78 is 25.8. The van der Waals surface area contributed by atoms with Crippen LogP contribution >= 0.6 is 0 Å². The normalized spacial score (nSPS) is 42.0. The highest BCUT2D eigenvalue weighted by atomic mass is 32.2. The first-order valence-corrected chi connectivity index (χ1v) is 22.2. The van der Waals surface area contributed by atoms with Gasteiger partial charge in [-0.2, -0.15) is 4.31 Å². The summed E-state index contributed by atoms with van der Waals surface area (Å²) in [5, 5.41) is 13.8. The van der Waals surface area contributed by atoms with Crippen molar-refractivity contribution in [1.82, 2.24) is 14.5 Å². The van der Waals surface area contributed by atoms with E-state index >= 15 is 0 Å². The van der Waals surface area contributed by atoms with Gasteiger partial charge in [-0.25, -0.2) is 13.2 Å². The van der Waals surface area contributed by atoms with E-state index in [2.05, 4.69) is 71.3 Å². The van der Waals surface area contributed by atoms with Gasteiger partial charge >= 0.3 is 5.97 Å². The number of allylic oxidation sites excluding steroid dienone is 3. The van der Waals surface area contributed by atoms with Gasteiger partial charge in [-0.3, -0.25) is 4.90 Å². The SMILES string of the molecule is C=C(C)[C@@H]1CC[C@]2(NCCN3CCN(S(C)(=O)=O)CC3)CC[C@@]3(C)[C@]4(C)CC[C@H]5C(C)(C)C(c6ccc(C(=O)O)cc6)=CC[C@]5(C)[C@H]4CC[C@]3(C)[C@@H]12. The van der Waals surface area contributed by atoms with Gasteiger partial charge in [-0.1, -0.05) is 71.9 Å². The van der Waals surface area contributed by atoms with Crippen LogP contribution < -0.4 is 5.32 Å². The number of hydrogen-bond acceptors (Lipinski definition) is 5. The molecular weight excluding hydrogens is 667 g/mol. The third kappa shape index (κ3) is 5.57. The standard InChI is InChI=1S/C44H67N3O4S/c1-30(2)33-14-21-44(45-24-25-46-26-28-47(29-27-46)52(9,50)51)23-22-43(8)41(6)19-16-35-39(3,4)34(31-10-12-32(13-11-31)38(48)49)15-18-40(35,5)36(41)17-20-42(43,7)37(33)44/h10-13,15,33,35-37,45H,1,14,16-29H2,2-9H3,(H,48,49)/t33-,35-,36+,37+,40-,41+,42+,43-,44-/m0/s1. The quantitative estimate of drug-likeness (QED) is 0.261. The molecule has 5 aliphatic carbocycles. The molecule has 288 valence electrons. The van der Waals surface area contributed by atoms with Crippen molar-refractivity contribution in [1.29, 1.82) is 0 Å². The molecule has 0 amide bonds. The average molecular weight is 734 g/mol. The summed E-state index contributed by atoms with van der Waals surface area (Å²) in [6, 6.07) is 7.59. The molecule has 1 aromatic carbocycles. The highest BCUT2D eigenvalue weighted by Crippen LogP contribution is 2.80. The number of hydrogen-bond donors (Lipinski definition) is 2. The van der Waals surface area contributed by atoms with E-state index in [1.54, 1.807) is 16.4 Å². The van der Waals surface area contributed by atoms with Crippen LogP contribution in [0.3, 0.4) is 0 Å². The van der Waals surface area contributed by atoms with Crippen LogP contribution in [0.2, 0.25) is 0 Å². The fourth-order valence-corrected chi connectivity index (χ4v) is 15.5. The zero-order chi connectivity index (χ0) is 37.7. The van der Waals surface area contributed by atoms with E-state index in [0.717, 1.165) is 32.6 Å². The second-order valence-electron chi connectivity index (χ2n) is 19.8. The maximum Gasteiger partial charge on any atom is 0.335 e. The van der Waals surface area contributed by atoms with Crippen LogP contribution in [-0.2, 0) is 10.0 Å². The molecule has 1 aliphatic heterocycles. The molecule has 6 aliphatic rings. The molecule has 2 N–H and O–H groups in total. The van der Waals surface area contributed by atoms with Gasteiger partial charge in [-0.05, 0) is 139 Å². The van der Waals surface area contributed by atoms with Gasteiger partial charge in [0, 0.05) is 44.8 Å². The number of aromatic carboxylic acids is 1. The fraction of sp³-hybridized carbons (Fsp3) is 0.750. The van der Waals surface area contributed by atoms with Crippen LogP contribution in [0.25, 0.3) is 5.57 Å². The monoisotopic (exact) mass is 733 g/mol. The summed E-state index contributed by atoms with van der Waals surface area (Å²) in [6.45, 7) is 27.4. The molecule has 0 aromatic heterocycles. The third-order valence-electron chi connectivity index (χ3n) is 17.5. The molecule has 0 unspecified atom stereocenters. The van der Waals surface area contributed by atoms with Crippen molar-refractivity contribution < 1.29 is 18.3 Å². The molecule has 52 heavy (non-hydrogen) atoms. The number of carboxylic acid groups (broad SMARTS) is 1. The van der Waals surface area contributed by atoms with E-state index in [4.69, 9.17) is 0 Å². The van der Waals surface area contributed by atoms with Gasteiger partial charge in [0.15, 0.2) is 0 Å². The number of sulfonamides is 1. The molecule has 8 heteroatoms. The predicted molar refractivity (Wildman–Crippen MR) is 212 cm³/mol. The first-order valence-electron chi connectivity index (χ1n) is 20.4. The molecular formula is C44H67N3O4S. The summed E-state index contributed by atoms with van der Waals surface area (Å²) >= 11 is 0. The molecule has 9 atom stereocenters. The number of benzene rings is 1. The Morgan fingerprint density at radius 2 is 1.52 bits per heavy atom. The second kappa shape index (κ2) is 12.8. The van der Waals surface area contributed by atoms with Gasteiger partial charge in [0.05, 0.1) is 11.8 Å². The Hall–Kier alpha value is -2.00. The van der Waals surface area contributed by atoms with Crippen molar-refractivity contribution in [3.05, 3.63) is 53.6 Å². The number of nitrogens with one attached hydrogen (secondary N) is 1. The first-order chi connectivity index (χ1) is 24.2. The van der Waals surface area contributed by atoms with Gasteiger partial charge in [0.1, 0.15) is 0 Å². The van der Waals surface area contributed by atoms with Crippen molar-refractivity contribution in [3.8, 4) is 0 Å². The van der Waals surface area contributed by atoms with Crippen LogP contribution in [0.15, 0.2) is 42.5 Å². The highest BCUT2D eigenvalue weighted by Gasteiger charge is 2.74. The zero-order valence-electron chi connectivity index (χ0n) is 33.5. The number of nitrogens with zero attached hydrogens (tertiary/aromatic N) is 2. The van der Waals surface area contributed by atoms with Crippen LogP contribution in [-0.4, -0.2) is 79.8 Å². The number of fused-ring (bicyclic) bond motifs is 7. The smallest absolute Gasteiger partial charge is 0.335 e. The Bertz CT molecular complexity index is 1730. The highest BCUT2D eigenvalue weighted by molar-refractivity contribution is 7.88. The van der Waals surface area contributed by atoms with Crippen molar-refractivity contribution in [2.75, 3.05) is 45.5 Å². The summed E-state index contributed by atoms with van der Waals surface area (Å²) in [5.41, 5.74) is 5.27. The Balaban J connectivity index is 1.15. The Morgan fingerprint density at radius 1 is 0.885 bits per heavy atom. The molecule has 7 nitrogen and oxygen atoms in total. The van der Waals surface area contributed by atoms with E-state index in [0.29, 0.717) is 42.3 Å². The van der Waals surface area contributed by atoms with Crippen molar-refractivity contribution >= 4 is 21.6 Å². The maximum atomic E-state index is 12.1. The summed E-state index contributed by atoms with van der Waals surface area (Å²) in [7, 11) is -3.12. The van der Waals surface area contributed by atoms with Crippen LogP contribution in [0.5, 0.6) is 0 Å². The minimum atomic E-state index is -3.12. The van der Waals surface area contributed by atoms with Gasteiger partial charge < -0.3 is 10.4 Å². The number of carbonyl (C=O) groups is 1. The maximum absolute atomic E-state index is 12.1. The lowest BCUT2D eigenvalue weighted by molar-refractivity contribution is -0.256. The third-order valence-corrected chi connectivity index (χ3v) is 18.8. The minimum absolute atomic E-state index is 0.000301. The van der Waals surface area contributed by atoms with Crippen LogP contribution in [0, 0.1) is 50.7 Å². The Morgan fingerprint density at radius 3 is 2.13 bits per heavy atom. The number of rotatable bonds is 8. The lowest BCUT2D eigenvalue weighted by atomic mass is 9.29. The van der Waals surface area contributed by atoms with Crippen LogP contribution in [0.4, 0.5) is 0 Å². The van der Waals surface area contributed by atoms with Crippen molar-refractivity contribution in [2.45, 2.75) is 112 Å². The van der Waals surface area contributed by atoms with Gasteiger partial charge in [-0.15, -0.1) is 0 Å². The molecule has 7 rings (SSSR count). The molecule has 0 bridgehead atoms. The molecule has 4 saturated carbocycles. The minimum Gasteiger partial charge on any atom is -0.478 e. The van der Waals surface area contributed by atoms with Gasteiger partial charge in [0.25, 0.3) is 0 Å². The van der Waals surface area contributed by atoms with E-state index in [-0.39, 0.29) is 32.6 Å². The lowest BCUT2D eigenvalue weighted by Crippen LogP contribution is -2.71. The number of carboxylic acids is 1. The summed E-state index contributed by atoms with van der Waals surface area (Å²) in [5.74, 6) is 1.45.